The van der Waals surface area contributed by atoms with E-state index in [2.05, 4.69) is 278 Å². The van der Waals surface area contributed by atoms with Crippen molar-refractivity contribution >= 4 is 57.4 Å². The van der Waals surface area contributed by atoms with Gasteiger partial charge in [-0.25, -0.2) is 0 Å². The molecule has 0 unspecified atom stereocenters. The van der Waals surface area contributed by atoms with Crippen LogP contribution in [0.25, 0.3) is 34.4 Å². The first-order chi connectivity index (χ1) is 37.5. The zero-order chi connectivity index (χ0) is 51.2. The highest BCUT2D eigenvalue weighted by atomic mass is 15.2. The van der Waals surface area contributed by atoms with Crippen molar-refractivity contribution < 1.29 is 0 Å². The van der Waals surface area contributed by atoms with Crippen molar-refractivity contribution in [2.24, 2.45) is 0 Å². The van der Waals surface area contributed by atoms with Gasteiger partial charge in [-0.2, -0.15) is 0 Å². The van der Waals surface area contributed by atoms with E-state index < -0.39 is 0 Å². The molecule has 370 valence electrons. The van der Waals surface area contributed by atoms with E-state index in [1.54, 1.807) is 0 Å². The number of fused-ring (bicyclic) bond motifs is 2. The van der Waals surface area contributed by atoms with Gasteiger partial charge in [-0.3, -0.25) is 0 Å². The molecule has 0 amide bonds. The monoisotopic (exact) mass is 981 g/mol. The molecule has 0 radical (unpaired) electrons. The second-order valence-corrected chi connectivity index (χ2v) is 20.7. The summed E-state index contributed by atoms with van der Waals surface area (Å²) in [5.41, 5.74) is 27.7. The van der Waals surface area contributed by atoms with Gasteiger partial charge < -0.3 is 9.80 Å². The Balaban J connectivity index is 0.897. The van der Waals surface area contributed by atoms with Gasteiger partial charge in [0.15, 0.2) is 0 Å². The summed E-state index contributed by atoms with van der Waals surface area (Å²) < 4.78 is 0. The number of nitrogens with zero attached hydrogens (tertiary/aromatic N) is 2. The van der Waals surface area contributed by atoms with Crippen LogP contribution in [0.3, 0.4) is 0 Å². The summed E-state index contributed by atoms with van der Waals surface area (Å²) in [4.78, 5) is 5.04. The molecule has 0 N–H and O–H groups in total. The molecule has 0 spiro atoms. The van der Waals surface area contributed by atoms with E-state index in [1.165, 1.54) is 137 Å². The Morgan fingerprint density at radius 3 is 1.00 bits per heavy atom. The maximum absolute atomic E-state index is 2.52. The van der Waals surface area contributed by atoms with Crippen LogP contribution in [0.5, 0.6) is 0 Å². The fraction of sp³-hybridized carbons (Fsp3) is 0.135. The maximum atomic E-state index is 2.52. The summed E-state index contributed by atoms with van der Waals surface area (Å²) in [5, 5.41) is 0. The summed E-state index contributed by atoms with van der Waals surface area (Å²) in [5.74, 6) is 0. The number of benzene rings is 10. The third kappa shape index (κ3) is 10.1. The Hall–Kier alpha value is -8.72. The second kappa shape index (κ2) is 22.0. The lowest BCUT2D eigenvalue weighted by Gasteiger charge is -2.32. The highest BCUT2D eigenvalue weighted by Crippen LogP contribution is 2.45. The lowest BCUT2D eigenvalue weighted by molar-refractivity contribution is 0.686. The average molecular weight is 981 g/mol. The quantitative estimate of drug-likeness (QED) is 0.106. The molecule has 0 heterocycles. The molecule has 0 saturated heterocycles. The van der Waals surface area contributed by atoms with Crippen LogP contribution >= 0.6 is 0 Å². The maximum Gasteiger partial charge on any atom is 0.0496 e. The van der Waals surface area contributed by atoms with Gasteiger partial charge in [-0.1, -0.05) is 182 Å². The van der Waals surface area contributed by atoms with Gasteiger partial charge in [-0.05, 0) is 227 Å². The molecular weight excluding hydrogens is 917 g/mol. The molecule has 10 aromatic carbocycles. The highest BCUT2D eigenvalue weighted by Gasteiger charge is 2.24. The Morgan fingerprint density at radius 2 is 0.658 bits per heavy atom. The summed E-state index contributed by atoms with van der Waals surface area (Å²) in [6, 6.07) is 89.3. The third-order valence-corrected chi connectivity index (χ3v) is 15.7. The number of hydrogen-bond donors (Lipinski definition) is 0. The standard InChI is InChI=1S/C74H64N2/c1-53-49-63(41-47-71(53)75(73-35-19-31-57-29-15-17-33-67(57)73)65-43-37-55(38-44-65)51-69(59-21-7-3-8-22-59)60-23-9-4-10-24-60)64-42-48-72(54(2)50-64)76(74-36-20-32-58-30-16-18-34-68(58)74)66-45-39-56(40-46-66)52-70(61-25-11-5-12-26-61)62-27-13-6-14-28-62/h3-14,19-28,31-32,35-52H,15-18,29-30,33-34H2,1-2H3. The first-order valence-electron chi connectivity index (χ1n) is 27.4. The Kier molecular flexibility index (Phi) is 14.0. The zero-order valence-electron chi connectivity index (χ0n) is 43.8. The molecular formula is C74H64N2. The molecule has 2 aliphatic rings. The van der Waals surface area contributed by atoms with Crippen molar-refractivity contribution in [2.45, 2.75) is 65.2 Å². The van der Waals surface area contributed by atoms with E-state index in [0.717, 1.165) is 37.1 Å². The van der Waals surface area contributed by atoms with Crippen LogP contribution in [0.15, 0.2) is 243 Å². The molecule has 0 saturated carbocycles. The molecule has 12 rings (SSSR count). The van der Waals surface area contributed by atoms with Crippen molar-refractivity contribution in [2.75, 3.05) is 9.80 Å². The summed E-state index contributed by atoms with van der Waals surface area (Å²) in [6.07, 6.45) is 14.0. The van der Waals surface area contributed by atoms with Crippen molar-refractivity contribution in [1.29, 1.82) is 0 Å². The molecule has 0 aliphatic heterocycles. The predicted octanol–water partition coefficient (Wildman–Crippen LogP) is 19.8. The fourth-order valence-corrected chi connectivity index (χ4v) is 11.8. The minimum Gasteiger partial charge on any atom is -0.310 e. The van der Waals surface area contributed by atoms with Gasteiger partial charge in [0.05, 0.1) is 0 Å². The summed E-state index contributed by atoms with van der Waals surface area (Å²) in [6.45, 7) is 4.57. The van der Waals surface area contributed by atoms with Crippen LogP contribution < -0.4 is 9.80 Å². The molecule has 0 atom stereocenters. The van der Waals surface area contributed by atoms with Crippen LogP contribution in [0.2, 0.25) is 0 Å². The minimum absolute atomic E-state index is 1.09. The van der Waals surface area contributed by atoms with E-state index in [4.69, 9.17) is 0 Å². The third-order valence-electron chi connectivity index (χ3n) is 15.7. The number of hydrogen-bond acceptors (Lipinski definition) is 2. The van der Waals surface area contributed by atoms with Crippen LogP contribution in [0.4, 0.5) is 34.1 Å². The summed E-state index contributed by atoms with van der Waals surface area (Å²) >= 11 is 0. The first kappa shape index (κ1) is 48.2. The molecule has 0 aromatic heterocycles. The number of rotatable bonds is 13. The van der Waals surface area contributed by atoms with E-state index in [-0.39, 0.29) is 0 Å². The molecule has 0 fully saturated rings. The van der Waals surface area contributed by atoms with Gasteiger partial charge >= 0.3 is 0 Å². The molecule has 10 aromatic rings. The van der Waals surface area contributed by atoms with E-state index in [1.807, 2.05) is 0 Å². The second-order valence-electron chi connectivity index (χ2n) is 20.7. The Morgan fingerprint density at radius 1 is 0.316 bits per heavy atom. The van der Waals surface area contributed by atoms with Crippen molar-refractivity contribution in [3.8, 4) is 11.1 Å². The SMILES string of the molecule is Cc1cc(-c2ccc(N(c3ccc(C=C(c4ccccc4)c4ccccc4)cc3)c3cccc4c3CCCC4)c(C)c2)ccc1N(c1ccc(C=C(c2ccccc2)c2ccccc2)cc1)c1cccc2c1CCCC2. The molecule has 2 heteroatoms. The van der Waals surface area contributed by atoms with E-state index in [0.29, 0.717) is 0 Å². The predicted molar refractivity (Wildman–Crippen MR) is 324 cm³/mol. The van der Waals surface area contributed by atoms with Gasteiger partial charge in [0.25, 0.3) is 0 Å². The van der Waals surface area contributed by atoms with Crippen molar-refractivity contribution in [3.05, 3.63) is 309 Å². The number of aryl methyl sites for hydroxylation is 4. The molecule has 2 aliphatic carbocycles. The van der Waals surface area contributed by atoms with E-state index >= 15 is 0 Å². The zero-order valence-corrected chi connectivity index (χ0v) is 43.8. The largest absolute Gasteiger partial charge is 0.310 e. The smallest absolute Gasteiger partial charge is 0.0496 e. The first-order valence-corrected chi connectivity index (χ1v) is 27.4. The van der Waals surface area contributed by atoms with Crippen LogP contribution in [-0.2, 0) is 25.7 Å². The lowest BCUT2D eigenvalue weighted by Crippen LogP contribution is -2.16. The van der Waals surface area contributed by atoms with Gasteiger partial charge in [-0.15, -0.1) is 0 Å². The lowest BCUT2D eigenvalue weighted by atomic mass is 9.89. The van der Waals surface area contributed by atoms with E-state index in [9.17, 15) is 0 Å². The highest BCUT2D eigenvalue weighted by molar-refractivity contribution is 5.93. The Bertz CT molecular complexity index is 3350. The van der Waals surface area contributed by atoms with Gasteiger partial charge in [0.1, 0.15) is 0 Å². The topological polar surface area (TPSA) is 6.48 Å². The van der Waals surface area contributed by atoms with Crippen LogP contribution in [0.1, 0.15) is 92.4 Å². The minimum atomic E-state index is 1.09. The van der Waals surface area contributed by atoms with Gasteiger partial charge in [0, 0.05) is 34.1 Å². The Labute approximate surface area is 450 Å². The average Bonchev–Trinajstić information content (AvgIpc) is 3.49. The van der Waals surface area contributed by atoms with Crippen molar-refractivity contribution in [1.82, 2.24) is 0 Å². The number of anilines is 6. The molecule has 2 nitrogen and oxygen atoms in total. The molecule has 76 heavy (non-hydrogen) atoms. The van der Waals surface area contributed by atoms with Crippen molar-refractivity contribution in [3.63, 3.8) is 0 Å². The normalized spacial score (nSPS) is 12.7. The van der Waals surface area contributed by atoms with Gasteiger partial charge in [0.2, 0.25) is 0 Å². The fourth-order valence-electron chi connectivity index (χ4n) is 11.8. The van der Waals surface area contributed by atoms with Crippen LogP contribution in [-0.4, -0.2) is 0 Å². The van der Waals surface area contributed by atoms with Crippen LogP contribution in [0, 0.1) is 13.8 Å². The molecule has 0 bridgehead atoms. The summed E-state index contributed by atoms with van der Waals surface area (Å²) in [7, 11) is 0.